The van der Waals surface area contributed by atoms with E-state index in [2.05, 4.69) is 22.4 Å². The number of hydrogen-bond acceptors (Lipinski definition) is 5. The van der Waals surface area contributed by atoms with Gasteiger partial charge < -0.3 is 11.5 Å². The molecule has 0 aliphatic rings. The Hall–Kier alpha value is -2.51. The molecule has 0 saturated carbocycles. The molecule has 25 heavy (non-hydrogen) atoms. The first-order chi connectivity index (χ1) is 12.0. The van der Waals surface area contributed by atoms with E-state index in [0.29, 0.717) is 11.4 Å². The van der Waals surface area contributed by atoms with Gasteiger partial charge in [-0.05, 0) is 31.0 Å². The van der Waals surface area contributed by atoms with Crippen LogP contribution in [-0.4, -0.2) is 27.4 Å². The Morgan fingerprint density at radius 1 is 1.32 bits per heavy atom. The van der Waals surface area contributed by atoms with Crippen LogP contribution in [0.5, 0.6) is 0 Å². The molecule has 0 spiro atoms. The van der Waals surface area contributed by atoms with Crippen LogP contribution in [0.3, 0.4) is 0 Å². The van der Waals surface area contributed by atoms with Gasteiger partial charge in [0, 0.05) is 23.4 Å². The second kappa shape index (κ2) is 7.16. The normalized spacial score (nSPS) is 12.3. The van der Waals surface area contributed by atoms with Crippen molar-refractivity contribution >= 4 is 17.2 Å². The largest absolute Gasteiger partial charge is 0.365 e. The van der Waals surface area contributed by atoms with Gasteiger partial charge in [-0.1, -0.05) is 35.5 Å². The number of aromatic nitrogens is 3. The molecule has 2 aromatic heterocycles. The molecule has 0 unspecified atom stereocenters. The van der Waals surface area contributed by atoms with E-state index in [1.54, 1.807) is 10.9 Å². The maximum atomic E-state index is 12.1. The van der Waals surface area contributed by atoms with Gasteiger partial charge in [-0.25, -0.2) is 4.68 Å². The molecule has 0 bridgehead atoms. The standard InChI is InChI=1S/C18H21N5OS/c1-11-15(14-10-21-22-23(14)2)16(17(25-11)18(20)24)13(9-19)8-12-6-4-3-5-7-12/h3-7,10,13H,8-9,19H2,1-2H3,(H2,20,24)/t13-/m1/s1. The fourth-order valence-corrected chi connectivity index (χ4v) is 4.27. The van der Waals surface area contributed by atoms with Crippen molar-refractivity contribution in [3.05, 3.63) is 57.4 Å². The lowest BCUT2D eigenvalue weighted by Gasteiger charge is -2.18. The molecule has 0 aliphatic heterocycles. The number of aryl methyl sites for hydroxylation is 2. The Morgan fingerprint density at radius 2 is 2.04 bits per heavy atom. The Balaban J connectivity index is 2.15. The van der Waals surface area contributed by atoms with E-state index in [-0.39, 0.29) is 5.92 Å². The fraction of sp³-hybridized carbons (Fsp3) is 0.278. The van der Waals surface area contributed by atoms with Gasteiger partial charge >= 0.3 is 0 Å². The topological polar surface area (TPSA) is 99.8 Å². The number of benzene rings is 1. The highest BCUT2D eigenvalue weighted by Crippen LogP contribution is 2.40. The van der Waals surface area contributed by atoms with E-state index in [0.717, 1.165) is 28.1 Å². The summed E-state index contributed by atoms with van der Waals surface area (Å²) >= 11 is 1.41. The number of amides is 1. The maximum absolute atomic E-state index is 12.1. The molecule has 3 aromatic rings. The highest BCUT2D eigenvalue weighted by atomic mass is 32.1. The Morgan fingerprint density at radius 3 is 2.60 bits per heavy atom. The number of nitrogens with zero attached hydrogens (tertiary/aromatic N) is 3. The zero-order valence-corrected chi connectivity index (χ0v) is 15.1. The molecule has 2 heterocycles. The number of primary amides is 1. The smallest absolute Gasteiger partial charge is 0.259 e. The average Bonchev–Trinajstić information content (AvgIpc) is 3.16. The summed E-state index contributed by atoms with van der Waals surface area (Å²) in [5.74, 6) is -0.435. The van der Waals surface area contributed by atoms with Gasteiger partial charge in [0.1, 0.15) is 0 Å². The Labute approximate surface area is 150 Å². The van der Waals surface area contributed by atoms with Crippen molar-refractivity contribution < 1.29 is 4.79 Å². The van der Waals surface area contributed by atoms with Gasteiger partial charge in [-0.15, -0.1) is 16.4 Å². The predicted octanol–water partition coefficient (Wildman–Crippen LogP) is 2.24. The first-order valence-corrected chi connectivity index (χ1v) is 8.86. The van der Waals surface area contributed by atoms with Crippen molar-refractivity contribution in [2.45, 2.75) is 19.3 Å². The monoisotopic (exact) mass is 355 g/mol. The lowest BCUT2D eigenvalue weighted by Crippen LogP contribution is -2.20. The minimum absolute atomic E-state index is 0.0141. The van der Waals surface area contributed by atoms with Crippen molar-refractivity contribution in [1.82, 2.24) is 15.0 Å². The van der Waals surface area contributed by atoms with E-state index in [1.807, 2.05) is 32.2 Å². The van der Waals surface area contributed by atoms with Crippen LogP contribution in [-0.2, 0) is 13.5 Å². The van der Waals surface area contributed by atoms with Crippen LogP contribution < -0.4 is 11.5 Å². The van der Waals surface area contributed by atoms with Gasteiger partial charge in [0.2, 0.25) is 0 Å². The molecular weight excluding hydrogens is 334 g/mol. The molecule has 0 saturated heterocycles. The van der Waals surface area contributed by atoms with E-state index < -0.39 is 5.91 Å². The van der Waals surface area contributed by atoms with Crippen LogP contribution in [0.4, 0.5) is 0 Å². The van der Waals surface area contributed by atoms with Crippen molar-refractivity contribution in [2.75, 3.05) is 6.54 Å². The third kappa shape index (κ3) is 3.33. The molecule has 4 N–H and O–H groups in total. The summed E-state index contributed by atoms with van der Waals surface area (Å²) < 4.78 is 1.71. The van der Waals surface area contributed by atoms with Gasteiger partial charge in [-0.2, -0.15) is 0 Å². The summed E-state index contributed by atoms with van der Waals surface area (Å²) in [5.41, 5.74) is 15.7. The highest BCUT2D eigenvalue weighted by Gasteiger charge is 2.28. The molecule has 6 nitrogen and oxygen atoms in total. The van der Waals surface area contributed by atoms with Crippen LogP contribution in [0.25, 0.3) is 11.3 Å². The number of nitrogens with two attached hydrogens (primary N) is 2. The quantitative estimate of drug-likeness (QED) is 0.708. The van der Waals surface area contributed by atoms with E-state index in [1.165, 1.54) is 16.9 Å². The Bertz CT molecular complexity index is 884. The number of thiophene rings is 1. The fourth-order valence-electron chi connectivity index (χ4n) is 3.17. The zero-order chi connectivity index (χ0) is 18.0. The Kier molecular flexibility index (Phi) is 4.96. The zero-order valence-electron chi connectivity index (χ0n) is 14.3. The summed E-state index contributed by atoms with van der Waals surface area (Å²) in [7, 11) is 1.84. The van der Waals surface area contributed by atoms with Crippen molar-refractivity contribution in [3.63, 3.8) is 0 Å². The molecule has 1 aromatic carbocycles. The molecule has 0 aliphatic carbocycles. The molecule has 0 fully saturated rings. The van der Waals surface area contributed by atoms with E-state index >= 15 is 0 Å². The lowest BCUT2D eigenvalue weighted by molar-refractivity contribution is 0.100. The number of carbonyl (C=O) groups excluding carboxylic acids is 1. The van der Waals surface area contributed by atoms with Crippen LogP contribution in [0.15, 0.2) is 36.5 Å². The average molecular weight is 355 g/mol. The van der Waals surface area contributed by atoms with E-state index in [9.17, 15) is 4.79 Å². The first kappa shape index (κ1) is 17.3. The minimum atomic E-state index is -0.420. The number of rotatable bonds is 6. The van der Waals surface area contributed by atoms with Crippen LogP contribution in [0, 0.1) is 6.92 Å². The van der Waals surface area contributed by atoms with Gasteiger partial charge in [0.05, 0.1) is 16.8 Å². The number of carbonyl (C=O) groups is 1. The number of hydrogen-bond donors (Lipinski definition) is 2. The summed E-state index contributed by atoms with van der Waals surface area (Å²) in [5, 5.41) is 8.00. The predicted molar refractivity (Wildman–Crippen MR) is 99.5 cm³/mol. The van der Waals surface area contributed by atoms with Crippen molar-refractivity contribution in [2.24, 2.45) is 18.5 Å². The van der Waals surface area contributed by atoms with Gasteiger partial charge in [0.25, 0.3) is 5.91 Å². The lowest BCUT2D eigenvalue weighted by atomic mass is 9.88. The summed E-state index contributed by atoms with van der Waals surface area (Å²) in [6.45, 7) is 2.41. The summed E-state index contributed by atoms with van der Waals surface area (Å²) in [6.07, 6.45) is 2.45. The SMILES string of the molecule is Cc1sc(C(N)=O)c([C@@H](CN)Cc2ccccc2)c1-c1cnnn1C. The molecule has 3 rings (SSSR count). The third-order valence-electron chi connectivity index (χ3n) is 4.33. The highest BCUT2D eigenvalue weighted by molar-refractivity contribution is 7.14. The molecule has 1 atom stereocenters. The molecule has 7 heteroatoms. The second-order valence-corrected chi connectivity index (χ2v) is 7.23. The van der Waals surface area contributed by atoms with Gasteiger partial charge in [-0.3, -0.25) is 4.79 Å². The third-order valence-corrected chi connectivity index (χ3v) is 5.47. The van der Waals surface area contributed by atoms with Crippen LogP contribution in [0.2, 0.25) is 0 Å². The van der Waals surface area contributed by atoms with Crippen molar-refractivity contribution in [1.29, 1.82) is 0 Å². The first-order valence-electron chi connectivity index (χ1n) is 8.05. The maximum Gasteiger partial charge on any atom is 0.259 e. The molecule has 1 amide bonds. The molecule has 130 valence electrons. The summed E-state index contributed by atoms with van der Waals surface area (Å²) in [4.78, 5) is 13.7. The van der Waals surface area contributed by atoms with Crippen molar-refractivity contribution in [3.8, 4) is 11.3 Å². The summed E-state index contributed by atoms with van der Waals surface area (Å²) in [6, 6.07) is 10.1. The minimum Gasteiger partial charge on any atom is -0.365 e. The van der Waals surface area contributed by atoms with E-state index in [4.69, 9.17) is 11.5 Å². The second-order valence-electron chi connectivity index (χ2n) is 6.01. The molecular formula is C18H21N5OS. The van der Waals surface area contributed by atoms with Crippen LogP contribution in [0.1, 0.15) is 31.6 Å². The van der Waals surface area contributed by atoms with Gasteiger partial charge in [0.15, 0.2) is 0 Å². The molecule has 0 radical (unpaired) electrons. The van der Waals surface area contributed by atoms with Crippen LogP contribution >= 0.6 is 11.3 Å².